The lowest BCUT2D eigenvalue weighted by Gasteiger charge is -2.22. The first-order valence-electron chi connectivity index (χ1n) is 8.44. The molecule has 0 radical (unpaired) electrons. The summed E-state index contributed by atoms with van der Waals surface area (Å²) < 4.78 is 2.00. The molecule has 130 valence electrons. The molecule has 1 aliphatic rings. The molecule has 24 heavy (non-hydrogen) atoms. The standard InChI is InChI=1S/C17H25N5O2/c1-10-13(11(2)21-20-10)4-7-16(23)19-14-5-6-15(17(14)24)22-9-8-18-12(22)3/h8-9,14-15,17,24H,4-7H2,1-3H3,(H,19,23)(H,20,21)/t14-,15-,17-/m1/s1. The summed E-state index contributed by atoms with van der Waals surface area (Å²) in [6.45, 7) is 5.83. The average molecular weight is 331 g/mol. The third-order valence-corrected chi connectivity index (χ3v) is 5.03. The summed E-state index contributed by atoms with van der Waals surface area (Å²) in [5.41, 5.74) is 3.05. The van der Waals surface area contributed by atoms with Gasteiger partial charge in [0, 0.05) is 24.5 Å². The molecule has 0 unspecified atom stereocenters. The van der Waals surface area contributed by atoms with Crippen LogP contribution in [0.3, 0.4) is 0 Å². The molecule has 1 saturated carbocycles. The quantitative estimate of drug-likeness (QED) is 0.770. The van der Waals surface area contributed by atoms with Gasteiger partial charge in [-0.25, -0.2) is 4.98 Å². The molecule has 0 aromatic carbocycles. The zero-order valence-electron chi connectivity index (χ0n) is 14.4. The van der Waals surface area contributed by atoms with E-state index in [2.05, 4.69) is 20.5 Å². The summed E-state index contributed by atoms with van der Waals surface area (Å²) in [6, 6.07) is -0.216. The maximum Gasteiger partial charge on any atom is 0.220 e. The maximum absolute atomic E-state index is 12.3. The molecule has 0 saturated heterocycles. The fourth-order valence-electron chi connectivity index (χ4n) is 3.62. The number of rotatable bonds is 5. The van der Waals surface area contributed by atoms with Crippen molar-refractivity contribution in [2.75, 3.05) is 0 Å². The Kier molecular flexibility index (Phi) is 4.71. The topological polar surface area (TPSA) is 95.8 Å². The molecule has 2 aromatic rings. The van der Waals surface area contributed by atoms with Crippen molar-refractivity contribution >= 4 is 5.91 Å². The van der Waals surface area contributed by atoms with E-state index in [0.717, 1.165) is 35.6 Å². The van der Waals surface area contributed by atoms with Gasteiger partial charge in [-0.1, -0.05) is 0 Å². The first-order valence-corrected chi connectivity index (χ1v) is 8.44. The van der Waals surface area contributed by atoms with E-state index < -0.39 is 6.10 Å². The minimum atomic E-state index is -0.584. The Labute approximate surface area is 141 Å². The third-order valence-electron chi connectivity index (χ3n) is 5.03. The first-order chi connectivity index (χ1) is 11.5. The predicted octanol–water partition coefficient (Wildman–Crippen LogP) is 1.34. The van der Waals surface area contributed by atoms with Gasteiger partial charge in [0.25, 0.3) is 0 Å². The number of carbonyl (C=O) groups is 1. The van der Waals surface area contributed by atoms with Gasteiger partial charge in [0.05, 0.1) is 23.9 Å². The summed E-state index contributed by atoms with van der Waals surface area (Å²) >= 11 is 0. The van der Waals surface area contributed by atoms with Crippen molar-refractivity contribution in [2.45, 2.75) is 64.6 Å². The van der Waals surface area contributed by atoms with Gasteiger partial charge in [-0.05, 0) is 45.6 Å². The number of nitrogens with zero attached hydrogens (tertiary/aromatic N) is 3. The lowest BCUT2D eigenvalue weighted by atomic mass is 10.1. The second-order valence-electron chi connectivity index (χ2n) is 6.60. The molecule has 1 fully saturated rings. The van der Waals surface area contributed by atoms with Crippen molar-refractivity contribution in [3.8, 4) is 0 Å². The van der Waals surface area contributed by atoms with E-state index >= 15 is 0 Å². The summed E-state index contributed by atoms with van der Waals surface area (Å²) in [6.07, 6.45) is 5.72. The van der Waals surface area contributed by atoms with Crippen LogP contribution >= 0.6 is 0 Å². The van der Waals surface area contributed by atoms with Crippen molar-refractivity contribution in [1.29, 1.82) is 0 Å². The van der Waals surface area contributed by atoms with E-state index in [1.54, 1.807) is 6.20 Å². The van der Waals surface area contributed by atoms with E-state index in [-0.39, 0.29) is 18.0 Å². The average Bonchev–Trinajstić information content (AvgIpc) is 3.20. The summed E-state index contributed by atoms with van der Waals surface area (Å²) in [5.74, 6) is 0.860. The van der Waals surface area contributed by atoms with E-state index in [1.807, 2.05) is 31.5 Å². The van der Waals surface area contributed by atoms with Crippen molar-refractivity contribution in [2.24, 2.45) is 0 Å². The molecule has 3 N–H and O–H groups in total. The zero-order valence-corrected chi connectivity index (χ0v) is 14.4. The number of nitrogens with one attached hydrogen (secondary N) is 2. The molecule has 3 atom stereocenters. The Morgan fingerprint density at radius 1 is 1.42 bits per heavy atom. The number of imidazole rings is 1. The van der Waals surface area contributed by atoms with Gasteiger partial charge >= 0.3 is 0 Å². The fraction of sp³-hybridized carbons (Fsp3) is 0.588. The van der Waals surface area contributed by atoms with Crippen molar-refractivity contribution in [1.82, 2.24) is 25.1 Å². The Morgan fingerprint density at radius 2 is 2.21 bits per heavy atom. The molecule has 0 aliphatic heterocycles. The SMILES string of the molecule is Cc1n[nH]c(C)c1CCC(=O)N[C@@H]1CC[C@@H](n2ccnc2C)[C@@H]1O. The number of aliphatic hydroxyl groups is 1. The number of aryl methyl sites for hydroxylation is 3. The molecule has 1 aliphatic carbocycles. The molecule has 2 heterocycles. The Hall–Kier alpha value is -2.15. The largest absolute Gasteiger partial charge is 0.389 e. The van der Waals surface area contributed by atoms with Gasteiger partial charge in [0.15, 0.2) is 0 Å². The fourth-order valence-corrected chi connectivity index (χ4v) is 3.62. The highest BCUT2D eigenvalue weighted by atomic mass is 16.3. The highest BCUT2D eigenvalue weighted by Gasteiger charge is 2.37. The molecular weight excluding hydrogens is 306 g/mol. The summed E-state index contributed by atoms with van der Waals surface area (Å²) in [7, 11) is 0. The predicted molar refractivity (Wildman–Crippen MR) is 89.6 cm³/mol. The van der Waals surface area contributed by atoms with Crippen molar-refractivity contribution in [3.05, 3.63) is 35.2 Å². The second-order valence-corrected chi connectivity index (χ2v) is 6.60. The van der Waals surface area contributed by atoms with Crippen LogP contribution in [-0.2, 0) is 11.2 Å². The molecule has 3 rings (SSSR count). The van der Waals surface area contributed by atoms with E-state index in [0.29, 0.717) is 12.8 Å². The lowest BCUT2D eigenvalue weighted by molar-refractivity contribution is -0.122. The highest BCUT2D eigenvalue weighted by molar-refractivity contribution is 5.76. The number of aliphatic hydroxyl groups excluding tert-OH is 1. The minimum Gasteiger partial charge on any atom is -0.389 e. The van der Waals surface area contributed by atoms with Gasteiger partial charge in [0.2, 0.25) is 5.91 Å². The number of aromatic nitrogens is 4. The van der Waals surface area contributed by atoms with Gasteiger partial charge in [-0.15, -0.1) is 0 Å². The van der Waals surface area contributed by atoms with Crippen LogP contribution in [-0.4, -0.2) is 42.9 Å². The lowest BCUT2D eigenvalue weighted by Crippen LogP contribution is -2.42. The number of hydrogen-bond acceptors (Lipinski definition) is 4. The number of aromatic amines is 1. The van der Waals surface area contributed by atoms with Crippen LogP contribution in [0.4, 0.5) is 0 Å². The van der Waals surface area contributed by atoms with Crippen LogP contribution in [0.2, 0.25) is 0 Å². The Morgan fingerprint density at radius 3 is 2.83 bits per heavy atom. The molecule has 1 amide bonds. The van der Waals surface area contributed by atoms with Gasteiger partial charge in [-0.3, -0.25) is 9.89 Å². The smallest absolute Gasteiger partial charge is 0.220 e. The highest BCUT2D eigenvalue weighted by Crippen LogP contribution is 2.31. The van der Waals surface area contributed by atoms with E-state index in [4.69, 9.17) is 0 Å². The number of hydrogen-bond donors (Lipinski definition) is 3. The van der Waals surface area contributed by atoms with Crippen molar-refractivity contribution in [3.63, 3.8) is 0 Å². The molecule has 2 aromatic heterocycles. The van der Waals surface area contributed by atoms with Crippen LogP contribution in [0.1, 0.15) is 48.1 Å². The first kappa shape index (κ1) is 16.7. The second kappa shape index (κ2) is 6.76. The van der Waals surface area contributed by atoms with Gasteiger partial charge < -0.3 is 15.0 Å². The van der Waals surface area contributed by atoms with Crippen LogP contribution in [0, 0.1) is 20.8 Å². The molecule has 7 nitrogen and oxygen atoms in total. The van der Waals surface area contributed by atoms with Crippen LogP contribution in [0.25, 0.3) is 0 Å². The molecule has 0 bridgehead atoms. The van der Waals surface area contributed by atoms with Crippen LogP contribution in [0.5, 0.6) is 0 Å². The molecule has 7 heteroatoms. The van der Waals surface area contributed by atoms with Gasteiger partial charge in [-0.2, -0.15) is 5.10 Å². The normalized spacial score (nSPS) is 23.6. The van der Waals surface area contributed by atoms with E-state index in [9.17, 15) is 9.90 Å². The summed E-state index contributed by atoms with van der Waals surface area (Å²) in [4.78, 5) is 16.5. The van der Waals surface area contributed by atoms with E-state index in [1.165, 1.54) is 0 Å². The number of amides is 1. The van der Waals surface area contributed by atoms with Crippen LogP contribution < -0.4 is 5.32 Å². The number of carbonyl (C=O) groups excluding carboxylic acids is 1. The van der Waals surface area contributed by atoms with Crippen molar-refractivity contribution < 1.29 is 9.90 Å². The molecule has 0 spiro atoms. The minimum absolute atomic E-state index is 0.0174. The van der Waals surface area contributed by atoms with Crippen LogP contribution in [0.15, 0.2) is 12.4 Å². The third kappa shape index (κ3) is 3.21. The monoisotopic (exact) mass is 331 g/mol. The zero-order chi connectivity index (χ0) is 17.3. The number of H-pyrrole nitrogens is 1. The molecular formula is C17H25N5O2. The summed E-state index contributed by atoms with van der Waals surface area (Å²) in [5, 5.41) is 20.6. The van der Waals surface area contributed by atoms with Gasteiger partial charge in [0.1, 0.15) is 5.82 Å². The Bertz CT molecular complexity index is 701. The maximum atomic E-state index is 12.3. The Balaban J connectivity index is 1.55.